The molecule has 0 spiro atoms. The van der Waals surface area contributed by atoms with Gasteiger partial charge in [0.05, 0.1) is 5.69 Å². The van der Waals surface area contributed by atoms with E-state index in [1.165, 1.54) is 6.07 Å². The molecule has 2 rings (SSSR count). The van der Waals surface area contributed by atoms with E-state index < -0.39 is 0 Å². The van der Waals surface area contributed by atoms with E-state index in [9.17, 15) is 9.18 Å². The first-order valence-electron chi connectivity index (χ1n) is 8.55. The van der Waals surface area contributed by atoms with E-state index in [1.807, 2.05) is 12.1 Å². The molecule has 1 aliphatic heterocycles. The fourth-order valence-corrected chi connectivity index (χ4v) is 2.77. The van der Waals surface area contributed by atoms with Gasteiger partial charge in [-0.15, -0.1) is 0 Å². The predicted octanol–water partition coefficient (Wildman–Crippen LogP) is 2.50. The number of carbonyl (C=O) groups is 1. The number of anilines is 1. The minimum Gasteiger partial charge on any atom is -0.367 e. The number of rotatable bonds is 7. The molecular formula is C18H28FN3O. The van der Waals surface area contributed by atoms with Crippen LogP contribution in [0.5, 0.6) is 0 Å². The van der Waals surface area contributed by atoms with Gasteiger partial charge in [0.25, 0.3) is 0 Å². The molecule has 0 radical (unpaired) electrons. The Morgan fingerprint density at radius 1 is 1.22 bits per heavy atom. The maximum atomic E-state index is 13.8. The number of benzene rings is 1. The van der Waals surface area contributed by atoms with Gasteiger partial charge in [-0.3, -0.25) is 9.69 Å². The van der Waals surface area contributed by atoms with Gasteiger partial charge >= 0.3 is 0 Å². The third-order valence-electron chi connectivity index (χ3n) is 4.26. The van der Waals surface area contributed by atoms with Gasteiger partial charge in [-0.05, 0) is 24.5 Å². The molecule has 0 saturated carbocycles. The number of halogens is 1. The number of carbonyl (C=O) groups excluding carboxylic acids is 1. The Hall–Kier alpha value is -1.62. The second kappa shape index (κ2) is 8.87. The Bertz CT molecular complexity index is 499. The molecule has 1 aromatic carbocycles. The molecule has 1 N–H and O–H groups in total. The summed E-state index contributed by atoms with van der Waals surface area (Å²) in [6.45, 7) is 9.19. The molecule has 128 valence electrons. The van der Waals surface area contributed by atoms with Crippen molar-refractivity contribution in [2.24, 2.45) is 5.92 Å². The largest absolute Gasteiger partial charge is 0.367 e. The number of nitrogens with zero attached hydrogens (tertiary/aromatic N) is 2. The summed E-state index contributed by atoms with van der Waals surface area (Å²) in [7, 11) is 0. The fraction of sp³-hybridized carbons (Fsp3) is 0.611. The molecule has 0 aromatic heterocycles. The van der Waals surface area contributed by atoms with Crippen LogP contribution >= 0.6 is 0 Å². The van der Waals surface area contributed by atoms with E-state index in [0.717, 1.165) is 45.7 Å². The van der Waals surface area contributed by atoms with Crippen LogP contribution in [0, 0.1) is 11.7 Å². The lowest BCUT2D eigenvalue weighted by Crippen LogP contribution is -2.47. The number of piperazine rings is 1. The topological polar surface area (TPSA) is 35.6 Å². The monoisotopic (exact) mass is 321 g/mol. The second-order valence-electron chi connectivity index (χ2n) is 6.56. The van der Waals surface area contributed by atoms with E-state index in [-0.39, 0.29) is 11.7 Å². The van der Waals surface area contributed by atoms with Crippen molar-refractivity contribution in [3.63, 3.8) is 0 Å². The fourth-order valence-electron chi connectivity index (χ4n) is 2.77. The van der Waals surface area contributed by atoms with E-state index in [2.05, 4.69) is 29.0 Å². The van der Waals surface area contributed by atoms with Crippen LogP contribution in [-0.2, 0) is 4.79 Å². The van der Waals surface area contributed by atoms with Crippen molar-refractivity contribution < 1.29 is 9.18 Å². The maximum absolute atomic E-state index is 13.8. The Morgan fingerprint density at radius 2 is 1.91 bits per heavy atom. The number of para-hydroxylation sites is 1. The lowest BCUT2D eigenvalue weighted by molar-refractivity contribution is -0.121. The highest BCUT2D eigenvalue weighted by atomic mass is 19.1. The van der Waals surface area contributed by atoms with Crippen LogP contribution in [0.25, 0.3) is 0 Å². The van der Waals surface area contributed by atoms with Gasteiger partial charge in [0.2, 0.25) is 5.91 Å². The van der Waals surface area contributed by atoms with Crippen LogP contribution in [0.4, 0.5) is 10.1 Å². The van der Waals surface area contributed by atoms with E-state index in [4.69, 9.17) is 0 Å². The summed E-state index contributed by atoms with van der Waals surface area (Å²) in [6.07, 6.45) is 1.56. The van der Waals surface area contributed by atoms with E-state index >= 15 is 0 Å². The number of hydrogen-bond acceptors (Lipinski definition) is 3. The lowest BCUT2D eigenvalue weighted by Gasteiger charge is -2.36. The zero-order chi connectivity index (χ0) is 16.7. The van der Waals surface area contributed by atoms with Crippen molar-refractivity contribution in [2.75, 3.05) is 44.2 Å². The Kier molecular flexibility index (Phi) is 6.84. The normalized spacial score (nSPS) is 15.9. The number of hydrogen-bond donors (Lipinski definition) is 1. The molecule has 0 unspecified atom stereocenters. The molecule has 23 heavy (non-hydrogen) atoms. The van der Waals surface area contributed by atoms with Crippen molar-refractivity contribution in [3.05, 3.63) is 30.1 Å². The summed E-state index contributed by atoms with van der Waals surface area (Å²) in [4.78, 5) is 16.2. The molecule has 5 heteroatoms. The van der Waals surface area contributed by atoms with Crippen LogP contribution in [0.15, 0.2) is 24.3 Å². The van der Waals surface area contributed by atoms with Gasteiger partial charge < -0.3 is 10.2 Å². The SMILES string of the molecule is CC(C)CCNC(=O)CCN1CCN(c2ccccc2F)CC1. The highest BCUT2D eigenvalue weighted by Gasteiger charge is 2.19. The zero-order valence-electron chi connectivity index (χ0n) is 14.2. The summed E-state index contributed by atoms with van der Waals surface area (Å²) in [6, 6.07) is 6.91. The predicted molar refractivity (Wildman–Crippen MR) is 92.1 cm³/mol. The van der Waals surface area contributed by atoms with Gasteiger partial charge in [0.15, 0.2) is 0 Å². The second-order valence-corrected chi connectivity index (χ2v) is 6.56. The molecule has 1 aliphatic rings. The van der Waals surface area contributed by atoms with Crippen molar-refractivity contribution in [3.8, 4) is 0 Å². The lowest BCUT2D eigenvalue weighted by atomic mass is 10.1. The van der Waals surface area contributed by atoms with Crippen LogP contribution < -0.4 is 10.2 Å². The smallest absolute Gasteiger partial charge is 0.221 e. The minimum atomic E-state index is -0.162. The summed E-state index contributed by atoms with van der Waals surface area (Å²) in [5.41, 5.74) is 0.679. The summed E-state index contributed by atoms with van der Waals surface area (Å²) in [5.74, 6) is 0.578. The molecule has 0 atom stereocenters. The Labute approximate surface area is 138 Å². The third-order valence-corrected chi connectivity index (χ3v) is 4.26. The molecule has 1 aromatic rings. The first-order chi connectivity index (χ1) is 11.1. The number of nitrogens with one attached hydrogen (secondary N) is 1. The van der Waals surface area contributed by atoms with Crippen molar-refractivity contribution in [1.82, 2.24) is 10.2 Å². The summed E-state index contributed by atoms with van der Waals surface area (Å²) in [5, 5.41) is 2.97. The van der Waals surface area contributed by atoms with E-state index in [0.29, 0.717) is 18.0 Å². The van der Waals surface area contributed by atoms with Gasteiger partial charge in [-0.1, -0.05) is 26.0 Å². The molecule has 0 bridgehead atoms. The van der Waals surface area contributed by atoms with Crippen LogP contribution in [0.2, 0.25) is 0 Å². The van der Waals surface area contributed by atoms with Crippen molar-refractivity contribution in [1.29, 1.82) is 0 Å². The first-order valence-corrected chi connectivity index (χ1v) is 8.55. The molecular weight excluding hydrogens is 293 g/mol. The average Bonchev–Trinajstić information content (AvgIpc) is 2.54. The van der Waals surface area contributed by atoms with Crippen LogP contribution in [-0.4, -0.2) is 50.1 Å². The molecule has 1 heterocycles. The first kappa shape index (κ1) is 17.7. The molecule has 1 amide bonds. The third kappa shape index (κ3) is 5.82. The van der Waals surface area contributed by atoms with Gasteiger partial charge in [0, 0.05) is 45.7 Å². The van der Waals surface area contributed by atoms with E-state index in [1.54, 1.807) is 6.07 Å². The van der Waals surface area contributed by atoms with Gasteiger partial charge in [0.1, 0.15) is 5.82 Å². The van der Waals surface area contributed by atoms with Crippen molar-refractivity contribution >= 4 is 11.6 Å². The quantitative estimate of drug-likeness (QED) is 0.838. The minimum absolute atomic E-state index is 0.127. The zero-order valence-corrected chi connectivity index (χ0v) is 14.2. The standard InChI is InChI=1S/C18H28FN3O/c1-15(2)7-9-20-18(23)8-10-21-11-13-22(14-12-21)17-6-4-3-5-16(17)19/h3-6,15H,7-14H2,1-2H3,(H,20,23). The maximum Gasteiger partial charge on any atom is 0.221 e. The highest BCUT2D eigenvalue weighted by Crippen LogP contribution is 2.20. The van der Waals surface area contributed by atoms with Gasteiger partial charge in [-0.2, -0.15) is 0 Å². The molecule has 4 nitrogen and oxygen atoms in total. The number of amides is 1. The summed E-state index contributed by atoms with van der Waals surface area (Å²) >= 11 is 0. The molecule has 1 saturated heterocycles. The Morgan fingerprint density at radius 3 is 2.57 bits per heavy atom. The summed E-state index contributed by atoms with van der Waals surface area (Å²) < 4.78 is 13.8. The molecule has 1 fully saturated rings. The molecule has 0 aliphatic carbocycles. The highest BCUT2D eigenvalue weighted by molar-refractivity contribution is 5.76. The van der Waals surface area contributed by atoms with Gasteiger partial charge in [-0.25, -0.2) is 4.39 Å². The van der Waals surface area contributed by atoms with Crippen LogP contribution in [0.3, 0.4) is 0 Å². The van der Waals surface area contributed by atoms with Crippen LogP contribution in [0.1, 0.15) is 26.7 Å². The van der Waals surface area contributed by atoms with Crippen molar-refractivity contribution in [2.45, 2.75) is 26.7 Å². The average molecular weight is 321 g/mol. The Balaban J connectivity index is 1.67.